The summed E-state index contributed by atoms with van der Waals surface area (Å²) >= 11 is 0. The van der Waals surface area contributed by atoms with Gasteiger partial charge in [0.25, 0.3) is 0 Å². The Hall–Kier alpha value is -0.0800. The van der Waals surface area contributed by atoms with Crippen molar-refractivity contribution in [2.45, 2.75) is 52.0 Å². The van der Waals surface area contributed by atoms with Crippen LogP contribution in [0.3, 0.4) is 0 Å². The van der Waals surface area contributed by atoms with Crippen molar-refractivity contribution in [1.82, 2.24) is 10.2 Å². The highest BCUT2D eigenvalue weighted by molar-refractivity contribution is 4.84. The molecule has 1 saturated carbocycles. The molecule has 0 atom stereocenters. The van der Waals surface area contributed by atoms with E-state index in [1.54, 1.807) is 0 Å². The van der Waals surface area contributed by atoms with E-state index in [0.717, 1.165) is 6.04 Å². The van der Waals surface area contributed by atoms with Gasteiger partial charge in [-0.2, -0.15) is 0 Å². The lowest BCUT2D eigenvalue weighted by Crippen LogP contribution is -2.34. The summed E-state index contributed by atoms with van der Waals surface area (Å²) in [5, 5.41) is 3.52. The molecule has 0 bridgehead atoms. The van der Waals surface area contributed by atoms with Crippen LogP contribution in [0.4, 0.5) is 0 Å². The predicted octanol–water partition coefficient (Wildman–Crippen LogP) is 2.25. The average Bonchev–Trinajstić information content (AvgIpc) is 2.99. The minimum Gasteiger partial charge on any atom is -0.315 e. The lowest BCUT2D eigenvalue weighted by atomic mass is 10.3. The normalized spacial score (nSPS) is 16.5. The Morgan fingerprint density at radius 3 is 2.43 bits per heavy atom. The molecule has 0 spiro atoms. The molecule has 0 amide bonds. The molecule has 1 fully saturated rings. The van der Waals surface area contributed by atoms with Crippen LogP contribution in [0.2, 0.25) is 0 Å². The number of nitrogens with zero attached hydrogens (tertiary/aromatic N) is 1. The van der Waals surface area contributed by atoms with Crippen molar-refractivity contribution in [2.24, 2.45) is 0 Å². The van der Waals surface area contributed by atoms with Crippen LogP contribution >= 0.6 is 0 Å². The molecule has 0 heterocycles. The quantitative estimate of drug-likeness (QED) is 0.572. The van der Waals surface area contributed by atoms with E-state index in [2.05, 4.69) is 24.1 Å². The first-order chi connectivity index (χ1) is 6.88. The molecule has 84 valence electrons. The molecule has 2 nitrogen and oxygen atoms in total. The molecule has 0 unspecified atom stereocenters. The molecule has 1 N–H and O–H groups in total. The Bertz CT molecular complexity index is 132. The minimum absolute atomic E-state index is 0.933. The van der Waals surface area contributed by atoms with Gasteiger partial charge in [-0.05, 0) is 38.8 Å². The second kappa shape index (κ2) is 7.24. The van der Waals surface area contributed by atoms with Gasteiger partial charge in [0, 0.05) is 19.1 Å². The van der Waals surface area contributed by atoms with Gasteiger partial charge in [-0.3, -0.25) is 4.90 Å². The van der Waals surface area contributed by atoms with Gasteiger partial charge in [0.2, 0.25) is 0 Å². The molecule has 0 aromatic carbocycles. The molecule has 0 saturated heterocycles. The van der Waals surface area contributed by atoms with E-state index in [-0.39, 0.29) is 0 Å². The second-order valence-electron chi connectivity index (χ2n) is 4.37. The van der Waals surface area contributed by atoms with Gasteiger partial charge in [-0.1, -0.05) is 20.3 Å². The standard InChI is InChI=1S/C12H26N2/c1-3-5-8-13-9-11-14(10-4-2)12-6-7-12/h12-13H,3-11H2,1-2H3. The van der Waals surface area contributed by atoms with Crippen molar-refractivity contribution in [3.63, 3.8) is 0 Å². The van der Waals surface area contributed by atoms with Crippen molar-refractivity contribution in [1.29, 1.82) is 0 Å². The third-order valence-electron chi connectivity index (χ3n) is 2.86. The molecule has 1 aliphatic rings. The zero-order valence-corrected chi connectivity index (χ0v) is 9.89. The molecular formula is C12H26N2. The van der Waals surface area contributed by atoms with Crippen LogP contribution in [-0.2, 0) is 0 Å². The fourth-order valence-electron chi connectivity index (χ4n) is 1.85. The molecule has 0 aliphatic heterocycles. The molecule has 0 aromatic rings. The Morgan fingerprint density at radius 2 is 1.86 bits per heavy atom. The van der Waals surface area contributed by atoms with Crippen molar-refractivity contribution in [3.8, 4) is 0 Å². The average molecular weight is 198 g/mol. The van der Waals surface area contributed by atoms with Gasteiger partial charge in [0.05, 0.1) is 0 Å². The first kappa shape index (κ1) is 12.0. The Balaban J connectivity index is 1.96. The Morgan fingerprint density at radius 1 is 1.07 bits per heavy atom. The van der Waals surface area contributed by atoms with Crippen molar-refractivity contribution in [2.75, 3.05) is 26.2 Å². The van der Waals surface area contributed by atoms with Crippen LogP contribution in [0.15, 0.2) is 0 Å². The van der Waals surface area contributed by atoms with Crippen LogP contribution in [0.25, 0.3) is 0 Å². The van der Waals surface area contributed by atoms with Crippen LogP contribution in [0.5, 0.6) is 0 Å². The van der Waals surface area contributed by atoms with Crippen LogP contribution in [-0.4, -0.2) is 37.1 Å². The number of nitrogens with one attached hydrogen (secondary N) is 1. The number of rotatable bonds is 9. The van der Waals surface area contributed by atoms with E-state index in [4.69, 9.17) is 0 Å². The molecule has 2 heteroatoms. The van der Waals surface area contributed by atoms with Crippen molar-refractivity contribution in [3.05, 3.63) is 0 Å². The van der Waals surface area contributed by atoms with E-state index in [1.807, 2.05) is 0 Å². The fourth-order valence-corrected chi connectivity index (χ4v) is 1.85. The summed E-state index contributed by atoms with van der Waals surface area (Å²) in [7, 11) is 0. The monoisotopic (exact) mass is 198 g/mol. The van der Waals surface area contributed by atoms with Gasteiger partial charge < -0.3 is 5.32 Å². The molecule has 1 aliphatic carbocycles. The largest absolute Gasteiger partial charge is 0.315 e. The zero-order chi connectivity index (χ0) is 10.2. The highest BCUT2D eigenvalue weighted by Crippen LogP contribution is 2.26. The topological polar surface area (TPSA) is 15.3 Å². The number of unbranched alkanes of at least 4 members (excludes halogenated alkanes) is 1. The van der Waals surface area contributed by atoms with Crippen LogP contribution in [0.1, 0.15) is 46.0 Å². The van der Waals surface area contributed by atoms with Gasteiger partial charge in [-0.15, -0.1) is 0 Å². The molecule has 14 heavy (non-hydrogen) atoms. The van der Waals surface area contributed by atoms with E-state index in [1.165, 1.54) is 58.3 Å². The highest BCUT2D eigenvalue weighted by atomic mass is 15.2. The summed E-state index contributed by atoms with van der Waals surface area (Å²) in [5.74, 6) is 0. The van der Waals surface area contributed by atoms with Crippen molar-refractivity contribution < 1.29 is 0 Å². The van der Waals surface area contributed by atoms with Gasteiger partial charge in [0.1, 0.15) is 0 Å². The smallest absolute Gasteiger partial charge is 0.0110 e. The molecular weight excluding hydrogens is 172 g/mol. The summed E-state index contributed by atoms with van der Waals surface area (Å²) in [5.41, 5.74) is 0. The lowest BCUT2D eigenvalue weighted by molar-refractivity contribution is 0.263. The summed E-state index contributed by atoms with van der Waals surface area (Å²) < 4.78 is 0. The summed E-state index contributed by atoms with van der Waals surface area (Å²) in [6, 6.07) is 0.933. The lowest BCUT2D eigenvalue weighted by Gasteiger charge is -2.21. The fraction of sp³-hybridized carbons (Fsp3) is 1.00. The molecule has 0 radical (unpaired) electrons. The van der Waals surface area contributed by atoms with Gasteiger partial charge in [0.15, 0.2) is 0 Å². The van der Waals surface area contributed by atoms with Gasteiger partial charge >= 0.3 is 0 Å². The Labute approximate surface area is 89.1 Å². The third-order valence-corrected chi connectivity index (χ3v) is 2.86. The third kappa shape index (κ3) is 4.97. The Kier molecular flexibility index (Phi) is 6.20. The second-order valence-corrected chi connectivity index (χ2v) is 4.37. The summed E-state index contributed by atoms with van der Waals surface area (Å²) in [4.78, 5) is 2.65. The van der Waals surface area contributed by atoms with E-state index in [0.29, 0.717) is 0 Å². The van der Waals surface area contributed by atoms with Gasteiger partial charge in [-0.25, -0.2) is 0 Å². The predicted molar refractivity (Wildman–Crippen MR) is 62.7 cm³/mol. The van der Waals surface area contributed by atoms with E-state index < -0.39 is 0 Å². The first-order valence-electron chi connectivity index (χ1n) is 6.33. The maximum atomic E-state index is 3.52. The SMILES string of the molecule is CCCCNCCN(CCC)C1CC1. The van der Waals surface area contributed by atoms with E-state index in [9.17, 15) is 0 Å². The summed E-state index contributed by atoms with van der Waals surface area (Å²) in [6.07, 6.45) is 6.79. The molecule has 0 aromatic heterocycles. The van der Waals surface area contributed by atoms with Crippen LogP contribution in [0, 0.1) is 0 Å². The zero-order valence-electron chi connectivity index (χ0n) is 9.89. The van der Waals surface area contributed by atoms with Crippen molar-refractivity contribution >= 4 is 0 Å². The highest BCUT2D eigenvalue weighted by Gasteiger charge is 2.27. The number of hydrogen-bond donors (Lipinski definition) is 1. The van der Waals surface area contributed by atoms with E-state index >= 15 is 0 Å². The summed E-state index contributed by atoms with van der Waals surface area (Å²) in [6.45, 7) is 9.44. The minimum atomic E-state index is 0.933. The number of hydrogen-bond acceptors (Lipinski definition) is 2. The maximum absolute atomic E-state index is 3.52. The van der Waals surface area contributed by atoms with Crippen LogP contribution < -0.4 is 5.32 Å². The first-order valence-corrected chi connectivity index (χ1v) is 6.33. The molecule has 1 rings (SSSR count). The maximum Gasteiger partial charge on any atom is 0.0110 e.